The lowest BCUT2D eigenvalue weighted by Gasteiger charge is -2.11. The predicted molar refractivity (Wildman–Crippen MR) is 73.0 cm³/mol. The lowest BCUT2D eigenvalue weighted by atomic mass is 9.95. The van der Waals surface area contributed by atoms with Crippen LogP contribution in [-0.2, 0) is 4.57 Å². The molecule has 0 atom stereocenters. The molecule has 0 amide bonds. The molecular weight excluding hydrogens is 279 g/mol. The molecule has 0 aliphatic rings. The molecule has 100 valence electrons. The van der Waals surface area contributed by atoms with Gasteiger partial charge >= 0.3 is 11.9 Å². The van der Waals surface area contributed by atoms with Gasteiger partial charge in [0.1, 0.15) is 0 Å². The van der Waals surface area contributed by atoms with Crippen LogP contribution in [0.2, 0.25) is 0 Å². The number of rotatable bonds is 4. The first-order valence-corrected chi connectivity index (χ1v) is 6.40. The van der Waals surface area contributed by atoms with Gasteiger partial charge in [-0.3, -0.25) is 4.57 Å². The van der Waals surface area contributed by atoms with Crippen molar-refractivity contribution < 1.29 is 24.4 Å². The minimum Gasteiger partial charge on any atom is -0.478 e. The van der Waals surface area contributed by atoms with Crippen LogP contribution in [0.15, 0.2) is 42.5 Å². The molecule has 5 nitrogen and oxygen atoms in total. The molecule has 2 rings (SSSR count). The number of hydrogen-bond donors (Lipinski definition) is 2. The number of hydrogen-bond acceptors (Lipinski definition) is 3. The van der Waals surface area contributed by atoms with Crippen LogP contribution >= 0.6 is 8.46 Å². The number of carboxylic acids is 2. The van der Waals surface area contributed by atoms with Crippen molar-refractivity contribution in [3.8, 4) is 11.1 Å². The number of aromatic carboxylic acids is 2. The van der Waals surface area contributed by atoms with Crippen molar-refractivity contribution in [2.24, 2.45) is 0 Å². The van der Waals surface area contributed by atoms with E-state index in [9.17, 15) is 19.3 Å². The van der Waals surface area contributed by atoms with Gasteiger partial charge in [-0.25, -0.2) is 9.59 Å². The highest BCUT2D eigenvalue weighted by atomic mass is 31.1. The molecule has 0 radical (unpaired) electrons. The molecule has 0 spiro atoms. The maximum atomic E-state index is 11.4. The first-order chi connectivity index (χ1) is 9.56. The fraction of sp³-hybridized carbons (Fsp3) is 0. The Morgan fingerprint density at radius 1 is 0.900 bits per heavy atom. The third kappa shape index (κ3) is 2.44. The van der Waals surface area contributed by atoms with Crippen molar-refractivity contribution in [3.63, 3.8) is 0 Å². The normalized spacial score (nSPS) is 10.4. The first kappa shape index (κ1) is 13.9. The van der Waals surface area contributed by atoms with E-state index in [2.05, 4.69) is 0 Å². The molecule has 0 heterocycles. The van der Waals surface area contributed by atoms with E-state index in [-0.39, 0.29) is 30.5 Å². The topological polar surface area (TPSA) is 91.7 Å². The third-order valence-electron chi connectivity index (χ3n) is 2.79. The maximum Gasteiger partial charge on any atom is 0.337 e. The lowest BCUT2D eigenvalue weighted by molar-refractivity contribution is 0.0652. The van der Waals surface area contributed by atoms with Crippen molar-refractivity contribution in [2.75, 3.05) is 0 Å². The van der Waals surface area contributed by atoms with Crippen molar-refractivity contribution in [1.82, 2.24) is 0 Å². The summed E-state index contributed by atoms with van der Waals surface area (Å²) >= 11 is 0. The molecule has 2 N–H and O–H groups in total. The summed E-state index contributed by atoms with van der Waals surface area (Å²) in [7, 11) is -0.368. The van der Waals surface area contributed by atoms with Crippen LogP contribution in [0.1, 0.15) is 20.7 Å². The molecule has 0 bridgehead atoms. The van der Waals surface area contributed by atoms with Gasteiger partial charge in [0.05, 0.1) is 16.4 Å². The van der Waals surface area contributed by atoms with Gasteiger partial charge in [0, 0.05) is 5.56 Å². The Bertz CT molecular complexity index is 694. The summed E-state index contributed by atoms with van der Waals surface area (Å²) in [4.78, 5) is 22.6. The second-order valence-corrected chi connectivity index (χ2v) is 4.61. The molecule has 0 unspecified atom stereocenters. The summed E-state index contributed by atoms with van der Waals surface area (Å²) in [6.07, 6.45) is 0. The highest BCUT2D eigenvalue weighted by Crippen LogP contribution is 2.27. The Kier molecular flexibility index (Phi) is 3.91. The second kappa shape index (κ2) is 5.63. The lowest BCUT2D eigenvalue weighted by Crippen LogP contribution is -2.15. The average Bonchev–Trinajstić information content (AvgIpc) is 2.46. The minimum atomic E-state index is -1.37. The van der Waals surface area contributed by atoms with E-state index in [0.29, 0.717) is 5.56 Å². The van der Waals surface area contributed by atoms with Gasteiger partial charge in [-0.05, 0) is 17.7 Å². The largest absolute Gasteiger partial charge is 0.478 e. The molecule has 2 aromatic carbocycles. The average molecular weight is 288 g/mol. The van der Waals surface area contributed by atoms with Crippen LogP contribution in [0, 0.1) is 0 Å². The minimum absolute atomic E-state index is 0.162. The maximum absolute atomic E-state index is 11.4. The van der Waals surface area contributed by atoms with Crippen molar-refractivity contribution in [1.29, 1.82) is 0 Å². The number of carboxylic acid groups (broad SMARTS) is 2. The Morgan fingerprint density at radius 3 is 2.05 bits per heavy atom. The quantitative estimate of drug-likeness (QED) is 0.844. The van der Waals surface area contributed by atoms with E-state index in [1.165, 1.54) is 6.07 Å². The summed E-state index contributed by atoms with van der Waals surface area (Å²) < 4.78 is 11.2. The molecule has 0 aliphatic heterocycles. The molecule has 0 aromatic heterocycles. The van der Waals surface area contributed by atoms with Crippen LogP contribution in [0.3, 0.4) is 0 Å². The zero-order chi connectivity index (χ0) is 14.7. The molecule has 2 aromatic rings. The molecule has 0 saturated heterocycles. The van der Waals surface area contributed by atoms with Crippen LogP contribution < -0.4 is 5.30 Å². The van der Waals surface area contributed by atoms with Crippen LogP contribution in [-0.4, -0.2) is 22.2 Å². The predicted octanol–water partition coefficient (Wildman–Crippen LogP) is 2.67. The van der Waals surface area contributed by atoms with Gasteiger partial charge in [-0.15, -0.1) is 0 Å². The van der Waals surface area contributed by atoms with Crippen molar-refractivity contribution in [2.45, 2.75) is 0 Å². The van der Waals surface area contributed by atoms with Crippen LogP contribution in [0.5, 0.6) is 0 Å². The standard InChI is InChI=1S/C14H9O5P/c15-13(16)9-6-7-10(20-19)11(12(9)14(17)18)8-4-2-1-3-5-8/h1-7H,(H,15,16)(H,17,18). The van der Waals surface area contributed by atoms with Crippen molar-refractivity contribution in [3.05, 3.63) is 53.6 Å². The van der Waals surface area contributed by atoms with Gasteiger partial charge in [-0.2, -0.15) is 0 Å². The van der Waals surface area contributed by atoms with E-state index in [4.69, 9.17) is 5.11 Å². The van der Waals surface area contributed by atoms with Crippen molar-refractivity contribution >= 4 is 25.7 Å². The van der Waals surface area contributed by atoms with Gasteiger partial charge < -0.3 is 10.2 Å². The van der Waals surface area contributed by atoms with Gasteiger partial charge in [0.15, 0.2) is 8.46 Å². The highest BCUT2D eigenvalue weighted by molar-refractivity contribution is 7.34. The number of carbonyl (C=O) groups is 2. The van der Waals surface area contributed by atoms with E-state index in [1.807, 2.05) is 0 Å². The van der Waals surface area contributed by atoms with Gasteiger partial charge in [-0.1, -0.05) is 30.3 Å². The molecular formula is C14H9O5P. The summed E-state index contributed by atoms with van der Waals surface area (Å²) in [5.74, 6) is -2.71. The smallest absolute Gasteiger partial charge is 0.337 e. The summed E-state index contributed by atoms with van der Waals surface area (Å²) in [6.45, 7) is 0. The Labute approximate surface area is 115 Å². The number of benzene rings is 2. The summed E-state index contributed by atoms with van der Waals surface area (Å²) in [5, 5.41) is 18.6. The van der Waals surface area contributed by atoms with Gasteiger partial charge in [0.25, 0.3) is 0 Å². The second-order valence-electron chi connectivity index (χ2n) is 3.95. The molecule has 0 aliphatic carbocycles. The zero-order valence-corrected chi connectivity index (χ0v) is 11.0. The monoisotopic (exact) mass is 288 g/mol. The Morgan fingerprint density at radius 2 is 1.55 bits per heavy atom. The van der Waals surface area contributed by atoms with E-state index in [1.54, 1.807) is 30.3 Å². The van der Waals surface area contributed by atoms with Crippen LogP contribution in [0.4, 0.5) is 0 Å². The van der Waals surface area contributed by atoms with E-state index in [0.717, 1.165) is 6.07 Å². The first-order valence-electron chi connectivity index (χ1n) is 5.58. The van der Waals surface area contributed by atoms with E-state index < -0.39 is 11.9 Å². The molecule has 0 saturated carbocycles. The van der Waals surface area contributed by atoms with Crippen LogP contribution in [0.25, 0.3) is 11.1 Å². The Hall–Kier alpha value is -2.52. The zero-order valence-electron chi connectivity index (χ0n) is 10.1. The van der Waals surface area contributed by atoms with E-state index >= 15 is 0 Å². The fourth-order valence-corrected chi connectivity index (χ4v) is 2.43. The fourth-order valence-electron chi connectivity index (χ4n) is 1.97. The van der Waals surface area contributed by atoms with Gasteiger partial charge in [0.2, 0.25) is 0 Å². The Balaban J connectivity index is 2.88. The highest BCUT2D eigenvalue weighted by Gasteiger charge is 2.23. The SMILES string of the molecule is O=Pc1ccc(C(=O)O)c(C(=O)O)c1-c1ccccc1. The summed E-state index contributed by atoms with van der Waals surface area (Å²) in [5.41, 5.74) is -0.0191. The molecule has 0 fully saturated rings. The molecule has 20 heavy (non-hydrogen) atoms. The molecule has 6 heteroatoms. The third-order valence-corrected chi connectivity index (χ3v) is 3.36. The summed E-state index contributed by atoms with van der Waals surface area (Å²) in [6, 6.07) is 10.9.